The average Bonchev–Trinajstić information content (AvgIpc) is 2.93. The van der Waals surface area contributed by atoms with Crippen molar-refractivity contribution in [3.8, 4) is 0 Å². The second-order valence-electron chi connectivity index (χ2n) is 8.18. The Morgan fingerprint density at radius 1 is 0.846 bits per heavy atom. The van der Waals surface area contributed by atoms with E-state index in [0.29, 0.717) is 16.1 Å². The monoisotopic (exact) mass is 561 g/mol. The molecule has 9 nitrogen and oxygen atoms in total. The van der Waals surface area contributed by atoms with Crippen molar-refractivity contribution in [2.24, 2.45) is 0 Å². The number of carbonyl (C=O) groups is 3. The molecule has 4 rings (SSSR count). The number of nitro groups is 1. The number of nitrogens with zero attached hydrogens (tertiary/aromatic N) is 1. The first-order chi connectivity index (χ1) is 18.7. The molecule has 0 fully saturated rings. The number of amides is 2. The molecular formula is C28H20ClN3O6S. The molecule has 196 valence electrons. The number of halogens is 1. The van der Waals surface area contributed by atoms with E-state index in [2.05, 4.69) is 10.6 Å². The molecule has 0 aliphatic heterocycles. The van der Waals surface area contributed by atoms with E-state index in [1.165, 1.54) is 54.2 Å². The Labute approximate surface area is 232 Å². The molecule has 39 heavy (non-hydrogen) atoms. The first-order valence-electron chi connectivity index (χ1n) is 11.4. The van der Waals surface area contributed by atoms with Gasteiger partial charge in [0.2, 0.25) is 5.91 Å². The number of carboxylic acid groups (broad SMARTS) is 1. The highest BCUT2D eigenvalue weighted by Crippen LogP contribution is 2.37. The minimum atomic E-state index is -1.21. The summed E-state index contributed by atoms with van der Waals surface area (Å²) in [5.74, 6) is -2.04. The summed E-state index contributed by atoms with van der Waals surface area (Å²) in [5.41, 5.74) is 1.48. The van der Waals surface area contributed by atoms with Crippen molar-refractivity contribution in [1.82, 2.24) is 0 Å². The standard InChI is InChI=1S/C28H20ClN3O6S/c29-24-14-11-20(16-23(24)28(35)36)31-27(34)25(17-5-2-1-3-6-17)39-22-8-4-7-19(15-22)30-26(33)18-9-12-21(13-10-18)32(37)38/h1-16,25H,(H,30,33)(H,31,34)(H,35,36). The quantitative estimate of drug-likeness (QED) is 0.118. The van der Waals surface area contributed by atoms with Crippen molar-refractivity contribution < 1.29 is 24.4 Å². The van der Waals surface area contributed by atoms with Crippen LogP contribution in [-0.4, -0.2) is 27.8 Å². The number of thioether (sulfide) groups is 1. The van der Waals surface area contributed by atoms with E-state index in [9.17, 15) is 29.6 Å². The van der Waals surface area contributed by atoms with Gasteiger partial charge in [0, 0.05) is 34.0 Å². The molecule has 1 atom stereocenters. The number of hydrogen-bond donors (Lipinski definition) is 3. The van der Waals surface area contributed by atoms with E-state index < -0.39 is 22.0 Å². The molecule has 0 aliphatic rings. The number of benzene rings is 4. The van der Waals surface area contributed by atoms with E-state index in [0.717, 1.165) is 0 Å². The fourth-order valence-corrected chi connectivity index (χ4v) is 4.88. The Kier molecular flexibility index (Phi) is 8.60. The number of hydrogen-bond acceptors (Lipinski definition) is 6. The van der Waals surface area contributed by atoms with Crippen LogP contribution in [0.15, 0.2) is 102 Å². The molecule has 4 aromatic carbocycles. The van der Waals surface area contributed by atoms with Gasteiger partial charge in [-0.25, -0.2) is 4.79 Å². The van der Waals surface area contributed by atoms with E-state index in [1.807, 2.05) is 30.3 Å². The summed E-state index contributed by atoms with van der Waals surface area (Å²) in [6.45, 7) is 0. The number of anilines is 2. The van der Waals surface area contributed by atoms with Gasteiger partial charge in [-0.3, -0.25) is 19.7 Å². The number of carboxylic acids is 1. The molecule has 2 amide bonds. The van der Waals surface area contributed by atoms with Crippen LogP contribution < -0.4 is 10.6 Å². The molecule has 0 aromatic heterocycles. The predicted octanol–water partition coefficient (Wildman–Crippen LogP) is 6.67. The Bertz CT molecular complexity index is 1550. The summed E-state index contributed by atoms with van der Waals surface area (Å²) in [6.07, 6.45) is 0. The van der Waals surface area contributed by atoms with Crippen LogP contribution in [0.5, 0.6) is 0 Å². The van der Waals surface area contributed by atoms with Gasteiger partial charge in [-0.15, -0.1) is 11.8 Å². The molecular weight excluding hydrogens is 542 g/mol. The van der Waals surface area contributed by atoms with E-state index in [-0.39, 0.29) is 33.4 Å². The van der Waals surface area contributed by atoms with Crippen LogP contribution in [0.3, 0.4) is 0 Å². The fourth-order valence-electron chi connectivity index (χ4n) is 3.60. The van der Waals surface area contributed by atoms with Gasteiger partial charge >= 0.3 is 5.97 Å². The van der Waals surface area contributed by atoms with Crippen molar-refractivity contribution >= 4 is 58.2 Å². The highest BCUT2D eigenvalue weighted by molar-refractivity contribution is 8.00. The Morgan fingerprint density at radius 3 is 2.21 bits per heavy atom. The molecule has 0 aliphatic carbocycles. The van der Waals surface area contributed by atoms with Crippen LogP contribution in [0.2, 0.25) is 5.02 Å². The maximum absolute atomic E-state index is 13.4. The van der Waals surface area contributed by atoms with Crippen LogP contribution in [0, 0.1) is 10.1 Å². The molecule has 1 unspecified atom stereocenters. The smallest absolute Gasteiger partial charge is 0.337 e. The molecule has 4 aromatic rings. The van der Waals surface area contributed by atoms with Crippen molar-refractivity contribution in [3.63, 3.8) is 0 Å². The average molecular weight is 562 g/mol. The number of rotatable bonds is 9. The van der Waals surface area contributed by atoms with Gasteiger partial charge in [0.25, 0.3) is 11.6 Å². The Hall–Kier alpha value is -4.67. The molecule has 0 bridgehead atoms. The summed E-state index contributed by atoms with van der Waals surface area (Å²) >= 11 is 7.19. The number of non-ortho nitro benzene ring substituents is 1. The zero-order valence-corrected chi connectivity index (χ0v) is 21.6. The lowest BCUT2D eigenvalue weighted by atomic mass is 10.1. The summed E-state index contributed by atoms with van der Waals surface area (Å²) in [5, 5.41) is 25.1. The third-order valence-corrected chi connectivity index (χ3v) is 7.07. The van der Waals surface area contributed by atoms with Gasteiger partial charge < -0.3 is 15.7 Å². The Balaban J connectivity index is 1.54. The van der Waals surface area contributed by atoms with Crippen molar-refractivity contribution in [2.45, 2.75) is 10.1 Å². The van der Waals surface area contributed by atoms with Gasteiger partial charge in [0.05, 0.1) is 15.5 Å². The minimum Gasteiger partial charge on any atom is -0.478 e. The summed E-state index contributed by atoms with van der Waals surface area (Å²) in [6, 6.07) is 25.4. The molecule has 0 saturated carbocycles. The fraction of sp³-hybridized carbons (Fsp3) is 0.0357. The van der Waals surface area contributed by atoms with Gasteiger partial charge in [-0.2, -0.15) is 0 Å². The van der Waals surface area contributed by atoms with E-state index >= 15 is 0 Å². The molecule has 3 N–H and O–H groups in total. The van der Waals surface area contributed by atoms with Crippen LogP contribution in [0.25, 0.3) is 0 Å². The summed E-state index contributed by atoms with van der Waals surface area (Å²) < 4.78 is 0. The second-order valence-corrected chi connectivity index (χ2v) is 9.77. The second kappa shape index (κ2) is 12.2. The minimum absolute atomic E-state index is 0.0575. The third kappa shape index (κ3) is 7.01. The largest absolute Gasteiger partial charge is 0.478 e. The number of nitro benzene ring substituents is 1. The first kappa shape index (κ1) is 27.4. The predicted molar refractivity (Wildman–Crippen MR) is 150 cm³/mol. The normalized spacial score (nSPS) is 11.3. The lowest BCUT2D eigenvalue weighted by Crippen LogP contribution is -2.19. The number of nitrogens with one attached hydrogen (secondary N) is 2. The molecule has 0 heterocycles. The van der Waals surface area contributed by atoms with Crippen LogP contribution in [-0.2, 0) is 4.79 Å². The van der Waals surface area contributed by atoms with Gasteiger partial charge in [-0.1, -0.05) is 48.0 Å². The highest BCUT2D eigenvalue weighted by atomic mass is 35.5. The first-order valence-corrected chi connectivity index (χ1v) is 12.7. The van der Waals surface area contributed by atoms with Crippen LogP contribution >= 0.6 is 23.4 Å². The SMILES string of the molecule is O=C(Nc1cccc(SC(C(=O)Nc2ccc(Cl)c(C(=O)O)c2)c2ccccc2)c1)c1ccc([N+](=O)[O-])cc1. The van der Waals surface area contributed by atoms with Crippen LogP contribution in [0.1, 0.15) is 31.5 Å². The Morgan fingerprint density at radius 2 is 1.54 bits per heavy atom. The van der Waals surface area contributed by atoms with Gasteiger partial charge in [0.1, 0.15) is 5.25 Å². The third-order valence-electron chi connectivity index (χ3n) is 5.49. The molecule has 0 spiro atoms. The number of carbonyl (C=O) groups excluding carboxylic acids is 2. The zero-order valence-electron chi connectivity index (χ0n) is 20.0. The maximum Gasteiger partial charge on any atom is 0.337 e. The molecule has 0 saturated heterocycles. The van der Waals surface area contributed by atoms with Crippen molar-refractivity contribution in [1.29, 1.82) is 0 Å². The highest BCUT2D eigenvalue weighted by Gasteiger charge is 2.23. The topological polar surface area (TPSA) is 139 Å². The van der Waals surface area contributed by atoms with Crippen molar-refractivity contribution in [3.05, 3.63) is 129 Å². The summed E-state index contributed by atoms with van der Waals surface area (Å²) in [7, 11) is 0. The van der Waals surface area contributed by atoms with Gasteiger partial charge in [-0.05, 0) is 54.1 Å². The zero-order chi connectivity index (χ0) is 27.9. The van der Waals surface area contributed by atoms with Crippen molar-refractivity contribution in [2.75, 3.05) is 10.6 Å². The summed E-state index contributed by atoms with van der Waals surface area (Å²) in [4.78, 5) is 48.5. The lowest BCUT2D eigenvalue weighted by molar-refractivity contribution is -0.384. The molecule has 11 heteroatoms. The molecule has 0 radical (unpaired) electrons. The van der Waals surface area contributed by atoms with E-state index in [1.54, 1.807) is 24.3 Å². The van der Waals surface area contributed by atoms with Crippen LogP contribution in [0.4, 0.5) is 17.1 Å². The van der Waals surface area contributed by atoms with Gasteiger partial charge in [0.15, 0.2) is 0 Å². The lowest BCUT2D eigenvalue weighted by Gasteiger charge is -2.18. The maximum atomic E-state index is 13.4. The number of aromatic carboxylic acids is 1. The van der Waals surface area contributed by atoms with E-state index in [4.69, 9.17) is 11.6 Å².